The minimum Gasteiger partial charge on any atom is -0.376 e. The summed E-state index contributed by atoms with van der Waals surface area (Å²) in [6.45, 7) is 9.29. The van der Waals surface area contributed by atoms with Crippen LogP contribution in [0.1, 0.15) is 33.4 Å². The van der Waals surface area contributed by atoms with Gasteiger partial charge in [-0.3, -0.25) is 0 Å². The van der Waals surface area contributed by atoms with Crippen molar-refractivity contribution in [3.05, 3.63) is 100 Å². The molecule has 0 saturated carbocycles. The van der Waals surface area contributed by atoms with E-state index in [-0.39, 0.29) is 17.0 Å². The molecule has 0 aliphatic rings. The van der Waals surface area contributed by atoms with Gasteiger partial charge in [0.2, 0.25) is 0 Å². The topological polar surface area (TPSA) is 43.4 Å². The second-order valence-electron chi connectivity index (χ2n) is 15.9. The zero-order chi connectivity index (χ0) is 51.3. The van der Waals surface area contributed by atoms with Gasteiger partial charge in [-0.2, -0.15) is 96.2 Å². The number of hydrogen-bond donors (Lipinski definition) is 0. The maximum absolute atomic E-state index is 15.6. The summed E-state index contributed by atoms with van der Waals surface area (Å²) in [7, 11) is -9.08. The molecule has 5 rings (SSSR count). The lowest BCUT2D eigenvalue weighted by Crippen LogP contribution is -2.74. The molecule has 0 N–H and O–H groups in total. The molecule has 0 radical (unpaired) electrons. The zero-order valence-corrected chi connectivity index (χ0v) is 35.9. The van der Waals surface area contributed by atoms with Gasteiger partial charge in [-0.25, -0.2) is 0 Å². The summed E-state index contributed by atoms with van der Waals surface area (Å²) in [6, 6.07) is 11.4. The van der Waals surface area contributed by atoms with Crippen LogP contribution in [0.15, 0.2) is 66.7 Å². The largest absolute Gasteiger partial charge is 0.534 e. The van der Waals surface area contributed by atoms with Crippen LogP contribution in [0, 0.1) is 37.2 Å². The number of halogens is 20. The van der Waals surface area contributed by atoms with E-state index in [2.05, 4.69) is 21.6 Å². The Balaban J connectivity index is 1.79. The molecule has 0 bridgehead atoms. The Morgan fingerprint density at radius 1 is 0.507 bits per heavy atom. The molecule has 3 nitrogen and oxygen atoms in total. The highest BCUT2D eigenvalue weighted by atomic mass is 32.2. The van der Waals surface area contributed by atoms with E-state index < -0.39 is 100 Å². The van der Waals surface area contributed by atoms with Gasteiger partial charge < -0.3 is 4.18 Å². The molecule has 362 valence electrons. The fourth-order valence-electron chi connectivity index (χ4n) is 6.54. The second kappa shape index (κ2) is 16.1. The predicted molar refractivity (Wildman–Crippen MR) is 206 cm³/mol. The van der Waals surface area contributed by atoms with Gasteiger partial charge in [0, 0.05) is 22.3 Å². The van der Waals surface area contributed by atoms with E-state index in [1.807, 2.05) is 25.6 Å². The van der Waals surface area contributed by atoms with E-state index in [1.54, 1.807) is 44.2 Å². The van der Waals surface area contributed by atoms with Crippen molar-refractivity contribution >= 4 is 50.5 Å². The van der Waals surface area contributed by atoms with E-state index in [9.17, 15) is 78.7 Å². The lowest BCUT2D eigenvalue weighted by molar-refractivity contribution is -0.462. The standard InChI is InChI=1S/C42H26F20O3SSi/c1-21-8-6-10-29-24(18-26-19-25(14-15-67(3,4)5)30-11-7-9-22(2)32(30)33(26)31(21)29)13-12-23-16-27(20-28(17-23)65-66(63,64)42(60,61)62)34(43,44)35(45,46)36(47,48)37(49,50)38(51,52)39(53,54)40(55,56)41(57,58)59/h6-11,16-20H,1-5H3. The maximum Gasteiger partial charge on any atom is 0.534 e. The summed E-state index contributed by atoms with van der Waals surface area (Å²) in [4.78, 5) is 0. The van der Waals surface area contributed by atoms with Gasteiger partial charge in [-0.05, 0) is 87.6 Å². The predicted octanol–water partition coefficient (Wildman–Crippen LogP) is 14.1. The highest BCUT2D eigenvalue weighted by Crippen LogP contribution is 2.65. The zero-order valence-electron chi connectivity index (χ0n) is 34.0. The first-order valence-electron chi connectivity index (χ1n) is 18.3. The molecule has 0 unspecified atom stereocenters. The molecule has 0 aliphatic carbocycles. The number of alkyl halides is 20. The molecular weight excluding hydrogens is 993 g/mol. The van der Waals surface area contributed by atoms with Crippen LogP contribution in [-0.2, 0) is 16.0 Å². The van der Waals surface area contributed by atoms with Crippen LogP contribution in [0.4, 0.5) is 87.8 Å². The average Bonchev–Trinajstić information content (AvgIpc) is 3.17. The molecule has 0 heterocycles. The van der Waals surface area contributed by atoms with Crippen molar-refractivity contribution in [1.29, 1.82) is 0 Å². The third kappa shape index (κ3) is 8.47. The van der Waals surface area contributed by atoms with Crippen molar-refractivity contribution in [3.8, 4) is 29.1 Å². The van der Waals surface area contributed by atoms with Crippen LogP contribution in [-0.4, -0.2) is 63.7 Å². The number of fused-ring (bicyclic) bond motifs is 5. The van der Waals surface area contributed by atoms with Crippen LogP contribution in [0.2, 0.25) is 19.6 Å². The van der Waals surface area contributed by atoms with Crippen molar-refractivity contribution in [2.75, 3.05) is 0 Å². The summed E-state index contributed by atoms with van der Waals surface area (Å²) in [5, 5.41) is 3.08. The van der Waals surface area contributed by atoms with Gasteiger partial charge in [-0.15, -0.1) is 5.54 Å². The molecule has 5 aromatic carbocycles. The average molecular weight is 1020 g/mol. The quantitative estimate of drug-likeness (QED) is 0.0369. The van der Waals surface area contributed by atoms with Crippen LogP contribution in [0.3, 0.4) is 0 Å². The van der Waals surface area contributed by atoms with E-state index in [1.165, 1.54) is 18.2 Å². The molecule has 0 saturated heterocycles. The smallest absolute Gasteiger partial charge is 0.376 e. The van der Waals surface area contributed by atoms with E-state index in [0.29, 0.717) is 38.1 Å². The van der Waals surface area contributed by atoms with Gasteiger partial charge in [0.1, 0.15) is 13.8 Å². The monoisotopic (exact) mass is 1020 g/mol. The minimum atomic E-state index is -8.97. The van der Waals surface area contributed by atoms with Gasteiger partial charge in [0.25, 0.3) is 0 Å². The van der Waals surface area contributed by atoms with E-state index >= 15 is 17.6 Å². The molecule has 5 aromatic rings. The molecule has 0 atom stereocenters. The molecule has 0 aromatic heterocycles. The van der Waals surface area contributed by atoms with Crippen LogP contribution < -0.4 is 4.18 Å². The summed E-state index contributed by atoms with van der Waals surface area (Å²) >= 11 is 0. The number of rotatable bonds is 9. The van der Waals surface area contributed by atoms with Crippen LogP contribution in [0.25, 0.3) is 32.3 Å². The molecule has 0 spiro atoms. The van der Waals surface area contributed by atoms with Crippen molar-refractivity contribution in [2.24, 2.45) is 0 Å². The van der Waals surface area contributed by atoms with Crippen molar-refractivity contribution in [1.82, 2.24) is 0 Å². The normalized spacial score (nSPS) is 14.2. The SMILES string of the molecule is Cc1cccc2c(C#Cc3cc(OS(=O)(=O)C(F)(F)F)cc(C(F)(F)C(F)(F)C(F)(F)C(F)(F)C(F)(F)C(F)(F)C(F)(F)C(F)(F)F)c3)cc3cc(C#C[Si](C)(C)C)c4cccc(C)c4c3c12. The minimum absolute atomic E-state index is 0.0237. The van der Waals surface area contributed by atoms with Crippen LogP contribution >= 0.6 is 0 Å². The van der Waals surface area contributed by atoms with Gasteiger partial charge >= 0.3 is 63.3 Å². The highest BCUT2D eigenvalue weighted by Gasteiger charge is 2.95. The third-order valence-corrected chi connectivity index (χ3v) is 11.8. The fraction of sp³-hybridized carbons (Fsp3) is 0.333. The molecule has 0 fully saturated rings. The number of benzene rings is 5. The lowest BCUT2D eigenvalue weighted by Gasteiger charge is -2.42. The Hall–Kier alpha value is -5.43. The Labute approximate surface area is 366 Å². The van der Waals surface area contributed by atoms with Gasteiger partial charge in [-0.1, -0.05) is 73.8 Å². The highest BCUT2D eigenvalue weighted by molar-refractivity contribution is 7.88. The molecular formula is C42H26F20O3SSi. The van der Waals surface area contributed by atoms with Crippen molar-refractivity contribution in [3.63, 3.8) is 0 Å². The van der Waals surface area contributed by atoms with Crippen LogP contribution in [0.5, 0.6) is 5.75 Å². The van der Waals surface area contributed by atoms with Crippen molar-refractivity contribution in [2.45, 2.75) is 86.6 Å². The van der Waals surface area contributed by atoms with E-state index in [4.69, 9.17) is 0 Å². The third-order valence-electron chi connectivity index (χ3n) is 9.91. The van der Waals surface area contributed by atoms with Gasteiger partial charge in [0.15, 0.2) is 0 Å². The summed E-state index contributed by atoms with van der Waals surface area (Å²) in [6.07, 6.45) is -7.98. The Kier molecular flexibility index (Phi) is 12.6. The molecule has 67 heavy (non-hydrogen) atoms. The summed E-state index contributed by atoms with van der Waals surface area (Å²) in [5.74, 6) is -54.3. The first kappa shape index (κ1) is 52.5. The second-order valence-corrected chi connectivity index (χ2v) is 22.2. The Morgan fingerprint density at radius 3 is 1.37 bits per heavy atom. The lowest BCUT2D eigenvalue weighted by atomic mass is 9.87. The number of aryl methyl sites for hydroxylation is 2. The molecule has 0 aliphatic heterocycles. The summed E-state index contributed by atoms with van der Waals surface area (Å²) < 4.78 is 308. The Morgan fingerprint density at radius 2 is 0.940 bits per heavy atom. The first-order chi connectivity index (χ1) is 30.0. The first-order valence-corrected chi connectivity index (χ1v) is 23.2. The maximum atomic E-state index is 15.6. The van der Waals surface area contributed by atoms with Crippen molar-refractivity contribution < 1.29 is 100 Å². The summed E-state index contributed by atoms with van der Waals surface area (Å²) in [5.41, 5.74) is -6.02. The molecule has 25 heteroatoms. The fourth-order valence-corrected chi connectivity index (χ4v) is 7.49. The molecule has 0 amide bonds. The van der Waals surface area contributed by atoms with E-state index in [0.717, 1.165) is 5.56 Å². The number of hydrogen-bond acceptors (Lipinski definition) is 3. The van der Waals surface area contributed by atoms with Gasteiger partial charge in [0.05, 0.1) is 0 Å². The Bertz CT molecular complexity index is 3050.